The van der Waals surface area contributed by atoms with Crippen LogP contribution in [0.25, 0.3) is 0 Å². The Labute approximate surface area is 184 Å². The van der Waals surface area contributed by atoms with Gasteiger partial charge in [-0.25, -0.2) is 9.18 Å². The van der Waals surface area contributed by atoms with Crippen molar-refractivity contribution in [3.05, 3.63) is 92.4 Å². The number of carbonyl (C=O) groups excluding carboxylic acids is 1. The summed E-state index contributed by atoms with van der Waals surface area (Å²) in [4.78, 5) is 42.4. The predicted molar refractivity (Wildman–Crippen MR) is 121 cm³/mol. The number of halogens is 1. The maximum Gasteiger partial charge on any atom is 0.330 e. The van der Waals surface area contributed by atoms with Gasteiger partial charge in [0.25, 0.3) is 11.5 Å². The summed E-state index contributed by atoms with van der Waals surface area (Å²) in [5.74, 6) is -0.692. The molecule has 0 aliphatic rings. The Morgan fingerprint density at radius 3 is 2.38 bits per heavy atom. The summed E-state index contributed by atoms with van der Waals surface area (Å²) in [6.45, 7) is 2.69. The van der Waals surface area contributed by atoms with E-state index in [9.17, 15) is 18.8 Å². The molecule has 0 aliphatic carbocycles. The van der Waals surface area contributed by atoms with Gasteiger partial charge < -0.3 is 10.6 Å². The first-order valence-electron chi connectivity index (χ1n) is 10.3. The molecule has 0 spiro atoms. The third-order valence-corrected chi connectivity index (χ3v) is 5.16. The summed E-state index contributed by atoms with van der Waals surface area (Å²) >= 11 is 0. The number of H-pyrrole nitrogens is 1. The van der Waals surface area contributed by atoms with Crippen molar-refractivity contribution >= 4 is 17.4 Å². The molecule has 168 valence electrons. The smallest absolute Gasteiger partial charge is 0.330 e. The molecule has 0 fully saturated rings. The molecule has 9 heteroatoms. The lowest BCUT2D eigenvalue weighted by atomic mass is 10.2. The number of nitrogen functional groups attached to an aromatic ring is 1. The van der Waals surface area contributed by atoms with E-state index >= 15 is 0 Å². The molecule has 32 heavy (non-hydrogen) atoms. The number of aromatic amines is 1. The average Bonchev–Trinajstić information content (AvgIpc) is 2.76. The van der Waals surface area contributed by atoms with Crippen LogP contribution in [0.4, 0.5) is 15.9 Å². The first-order chi connectivity index (χ1) is 15.3. The number of carbonyl (C=O) groups is 1. The SMILES string of the molecule is CCN(C(=O)C[NH+](C)Cc1ccc(F)cc1)c1c(N)n(Cc2ccccc2)c(=O)[nH]c1=O. The Morgan fingerprint density at radius 2 is 1.75 bits per heavy atom. The first-order valence-corrected chi connectivity index (χ1v) is 10.3. The number of nitrogens with two attached hydrogens (primary N) is 1. The van der Waals surface area contributed by atoms with E-state index in [0.29, 0.717) is 6.54 Å². The zero-order chi connectivity index (χ0) is 23.3. The number of anilines is 2. The predicted octanol–water partition coefficient (Wildman–Crippen LogP) is 0.374. The maximum atomic E-state index is 13.1. The van der Waals surface area contributed by atoms with Crippen molar-refractivity contribution in [2.75, 3.05) is 30.8 Å². The second-order valence-corrected chi connectivity index (χ2v) is 7.64. The largest absolute Gasteiger partial charge is 0.383 e. The Balaban J connectivity index is 1.84. The molecule has 3 rings (SSSR count). The van der Waals surface area contributed by atoms with E-state index in [-0.39, 0.29) is 42.9 Å². The van der Waals surface area contributed by atoms with Gasteiger partial charge in [0, 0.05) is 12.1 Å². The number of amides is 1. The van der Waals surface area contributed by atoms with Crippen molar-refractivity contribution in [2.24, 2.45) is 0 Å². The lowest BCUT2D eigenvalue weighted by Crippen LogP contribution is -3.09. The minimum Gasteiger partial charge on any atom is -0.383 e. The van der Waals surface area contributed by atoms with E-state index in [1.807, 2.05) is 37.4 Å². The minimum absolute atomic E-state index is 0.0392. The van der Waals surface area contributed by atoms with Gasteiger partial charge in [-0.05, 0) is 24.6 Å². The molecule has 2 aromatic carbocycles. The highest BCUT2D eigenvalue weighted by Crippen LogP contribution is 2.17. The van der Waals surface area contributed by atoms with Gasteiger partial charge in [0.1, 0.15) is 18.2 Å². The number of benzene rings is 2. The molecular weight excluding hydrogens is 413 g/mol. The van der Waals surface area contributed by atoms with Crippen molar-refractivity contribution < 1.29 is 14.1 Å². The number of hydrogen-bond donors (Lipinski definition) is 3. The second kappa shape index (κ2) is 10.1. The lowest BCUT2D eigenvalue weighted by molar-refractivity contribution is -0.885. The molecule has 1 heterocycles. The monoisotopic (exact) mass is 440 g/mol. The van der Waals surface area contributed by atoms with Crippen LogP contribution in [0, 0.1) is 5.82 Å². The van der Waals surface area contributed by atoms with E-state index in [2.05, 4.69) is 4.98 Å². The molecule has 0 saturated heterocycles. The Morgan fingerprint density at radius 1 is 1.09 bits per heavy atom. The number of quaternary nitrogens is 1. The fourth-order valence-corrected chi connectivity index (χ4v) is 3.59. The van der Waals surface area contributed by atoms with Crippen LogP contribution in [0.15, 0.2) is 64.2 Å². The summed E-state index contributed by atoms with van der Waals surface area (Å²) in [5, 5.41) is 0. The number of nitrogens with zero attached hydrogens (tertiary/aromatic N) is 2. The minimum atomic E-state index is -0.705. The summed E-state index contributed by atoms with van der Waals surface area (Å²) in [7, 11) is 1.83. The van der Waals surface area contributed by atoms with Gasteiger partial charge in [-0.2, -0.15) is 0 Å². The van der Waals surface area contributed by atoms with Gasteiger partial charge in [0.15, 0.2) is 12.2 Å². The molecule has 1 unspecified atom stereocenters. The number of aromatic nitrogens is 2. The highest BCUT2D eigenvalue weighted by atomic mass is 19.1. The van der Waals surface area contributed by atoms with Crippen LogP contribution in [0.3, 0.4) is 0 Å². The number of likely N-dealkylation sites (N-methyl/N-ethyl adjacent to an activating group) is 2. The fourth-order valence-electron chi connectivity index (χ4n) is 3.59. The molecule has 8 nitrogen and oxygen atoms in total. The first kappa shape index (κ1) is 23.0. The van der Waals surface area contributed by atoms with Crippen LogP contribution < -0.4 is 26.8 Å². The highest BCUT2D eigenvalue weighted by molar-refractivity contribution is 5.96. The van der Waals surface area contributed by atoms with E-state index < -0.39 is 11.2 Å². The van der Waals surface area contributed by atoms with Crippen molar-refractivity contribution in [1.29, 1.82) is 0 Å². The molecular formula is C23H27FN5O3+. The zero-order valence-corrected chi connectivity index (χ0v) is 18.1. The lowest BCUT2D eigenvalue weighted by Gasteiger charge is -2.24. The van der Waals surface area contributed by atoms with Crippen molar-refractivity contribution in [3.63, 3.8) is 0 Å². The Bertz CT molecular complexity index is 1190. The van der Waals surface area contributed by atoms with Crippen LogP contribution in [0.1, 0.15) is 18.1 Å². The average molecular weight is 440 g/mol. The quantitative estimate of drug-likeness (QED) is 0.471. The molecule has 3 aromatic rings. The van der Waals surface area contributed by atoms with Gasteiger partial charge in [0.2, 0.25) is 0 Å². The number of rotatable bonds is 8. The van der Waals surface area contributed by atoms with Crippen molar-refractivity contribution in [3.8, 4) is 0 Å². The maximum absolute atomic E-state index is 13.1. The van der Waals surface area contributed by atoms with Crippen molar-refractivity contribution in [2.45, 2.75) is 20.0 Å². The van der Waals surface area contributed by atoms with E-state index in [0.717, 1.165) is 16.0 Å². The molecule has 4 N–H and O–H groups in total. The third kappa shape index (κ3) is 5.30. The number of hydrogen-bond acceptors (Lipinski definition) is 4. The number of nitrogens with one attached hydrogen (secondary N) is 2. The molecule has 0 bridgehead atoms. The summed E-state index contributed by atoms with van der Waals surface area (Å²) in [6, 6.07) is 15.3. The van der Waals surface area contributed by atoms with Crippen LogP contribution in [0.5, 0.6) is 0 Å². The molecule has 0 radical (unpaired) electrons. The van der Waals surface area contributed by atoms with Gasteiger partial charge in [0.05, 0.1) is 13.6 Å². The van der Waals surface area contributed by atoms with Crippen LogP contribution in [-0.4, -0.2) is 35.6 Å². The zero-order valence-electron chi connectivity index (χ0n) is 18.1. The van der Waals surface area contributed by atoms with Crippen LogP contribution in [-0.2, 0) is 17.9 Å². The van der Waals surface area contributed by atoms with Gasteiger partial charge >= 0.3 is 5.69 Å². The van der Waals surface area contributed by atoms with Gasteiger partial charge in [-0.1, -0.05) is 42.5 Å². The highest BCUT2D eigenvalue weighted by Gasteiger charge is 2.25. The van der Waals surface area contributed by atoms with Crippen LogP contribution in [0.2, 0.25) is 0 Å². The molecule has 1 aromatic heterocycles. The normalized spacial score (nSPS) is 11.8. The molecule has 1 amide bonds. The molecule has 0 aliphatic heterocycles. The Hall–Kier alpha value is -3.72. The second-order valence-electron chi connectivity index (χ2n) is 7.64. The van der Waals surface area contributed by atoms with E-state index in [1.54, 1.807) is 19.1 Å². The van der Waals surface area contributed by atoms with Gasteiger partial charge in [-0.15, -0.1) is 0 Å². The Kier molecular flexibility index (Phi) is 7.21. The van der Waals surface area contributed by atoms with Gasteiger partial charge in [-0.3, -0.25) is 24.0 Å². The summed E-state index contributed by atoms with van der Waals surface area (Å²) < 4.78 is 14.4. The molecule has 0 saturated carbocycles. The van der Waals surface area contributed by atoms with Crippen molar-refractivity contribution in [1.82, 2.24) is 9.55 Å². The fraction of sp³-hybridized carbons (Fsp3) is 0.261. The summed E-state index contributed by atoms with van der Waals surface area (Å²) in [6.07, 6.45) is 0. The molecule has 1 atom stereocenters. The van der Waals surface area contributed by atoms with E-state index in [4.69, 9.17) is 5.73 Å². The van der Waals surface area contributed by atoms with Crippen LogP contribution >= 0.6 is 0 Å². The topological polar surface area (TPSA) is 106 Å². The summed E-state index contributed by atoms with van der Waals surface area (Å²) in [5.41, 5.74) is 6.55. The third-order valence-electron chi connectivity index (χ3n) is 5.16. The van der Waals surface area contributed by atoms with E-state index in [1.165, 1.54) is 21.6 Å². The standard InChI is InChI=1S/C23H26FN5O3/c1-3-28(19(30)15-27(2)13-17-9-11-18(24)12-10-17)20-21(25)29(23(32)26-22(20)31)14-16-7-5-4-6-8-16/h4-12H,3,13-15,25H2,1-2H3,(H,26,31,32)/p+1.